The largest absolute Gasteiger partial charge is 0.478 e. The number of benzene rings is 2. The molecule has 8 nitrogen and oxygen atoms in total. The van der Waals surface area contributed by atoms with Gasteiger partial charge in [-0.3, -0.25) is 4.79 Å². The van der Waals surface area contributed by atoms with Crippen LogP contribution in [0.3, 0.4) is 0 Å². The molecule has 30 heavy (non-hydrogen) atoms. The Labute approximate surface area is 174 Å². The number of carboxylic acids is 1. The second kappa shape index (κ2) is 8.26. The first-order valence-corrected chi connectivity index (χ1v) is 10.8. The first-order chi connectivity index (χ1) is 14.1. The number of carbonyl (C=O) groups is 2. The van der Waals surface area contributed by atoms with Crippen LogP contribution in [-0.4, -0.2) is 41.8 Å². The Kier molecular flexibility index (Phi) is 5.92. The molecule has 0 radical (unpaired) electrons. The van der Waals surface area contributed by atoms with Crippen molar-refractivity contribution in [1.29, 1.82) is 5.26 Å². The van der Waals surface area contributed by atoms with Gasteiger partial charge in [0.05, 0.1) is 27.8 Å². The third-order valence-corrected chi connectivity index (χ3v) is 7.29. The van der Waals surface area contributed by atoms with E-state index in [1.807, 2.05) is 19.9 Å². The molecule has 2 aromatic carbocycles. The van der Waals surface area contributed by atoms with Gasteiger partial charge in [-0.2, -0.15) is 9.57 Å². The van der Waals surface area contributed by atoms with Gasteiger partial charge in [0.15, 0.2) is 0 Å². The molecule has 9 heteroatoms. The number of hydrogen-bond acceptors (Lipinski definition) is 5. The Balaban J connectivity index is 1.91. The van der Waals surface area contributed by atoms with Crippen LogP contribution in [0, 0.1) is 11.3 Å². The molecule has 0 aromatic heterocycles. The van der Waals surface area contributed by atoms with Gasteiger partial charge in [-0.05, 0) is 63.1 Å². The lowest BCUT2D eigenvalue weighted by Crippen LogP contribution is -2.38. The zero-order chi connectivity index (χ0) is 22.1. The predicted octanol–water partition coefficient (Wildman–Crippen LogP) is 3.07. The maximum atomic E-state index is 13.1. The number of amides is 1. The standard InChI is InChI=1S/C21H21N3O5S/c1-13-6-7-14(2)24(13)30(28,29)17-5-3-4-16(11-17)20(25)23-19-9-8-15(12-22)10-18(19)21(26)27/h3-5,8-11,13-14H,6-7H2,1-2H3,(H,23,25)(H,26,27). The summed E-state index contributed by atoms with van der Waals surface area (Å²) in [5.41, 5.74) is 0.0102. The summed E-state index contributed by atoms with van der Waals surface area (Å²) in [6.07, 6.45) is 1.55. The van der Waals surface area contributed by atoms with Crippen LogP contribution in [0.2, 0.25) is 0 Å². The molecule has 2 unspecified atom stereocenters. The molecule has 1 heterocycles. The SMILES string of the molecule is CC1CCC(C)N1S(=O)(=O)c1cccc(C(=O)Nc2ccc(C#N)cc2C(=O)O)c1. The van der Waals surface area contributed by atoms with Crippen LogP contribution in [0.4, 0.5) is 5.69 Å². The first kappa shape index (κ1) is 21.5. The Bertz CT molecular complexity index is 1140. The van der Waals surface area contributed by atoms with E-state index in [-0.39, 0.29) is 39.4 Å². The van der Waals surface area contributed by atoms with Crippen molar-refractivity contribution in [2.45, 2.75) is 43.7 Å². The minimum Gasteiger partial charge on any atom is -0.478 e. The van der Waals surface area contributed by atoms with Gasteiger partial charge in [0.25, 0.3) is 5.91 Å². The number of carbonyl (C=O) groups excluding carboxylic acids is 1. The Morgan fingerprint density at radius 3 is 2.40 bits per heavy atom. The molecule has 2 aromatic rings. The zero-order valence-electron chi connectivity index (χ0n) is 16.5. The molecule has 1 saturated heterocycles. The number of sulfonamides is 1. The maximum absolute atomic E-state index is 13.1. The molecule has 2 N–H and O–H groups in total. The molecular formula is C21H21N3O5S. The quantitative estimate of drug-likeness (QED) is 0.755. The highest BCUT2D eigenvalue weighted by molar-refractivity contribution is 7.89. The first-order valence-electron chi connectivity index (χ1n) is 9.37. The fourth-order valence-corrected chi connectivity index (χ4v) is 5.59. The molecule has 0 spiro atoms. The summed E-state index contributed by atoms with van der Waals surface area (Å²) < 4.78 is 27.6. The van der Waals surface area contributed by atoms with E-state index in [0.29, 0.717) is 0 Å². The summed E-state index contributed by atoms with van der Waals surface area (Å²) >= 11 is 0. The lowest BCUT2D eigenvalue weighted by molar-refractivity contribution is 0.0698. The molecule has 1 aliphatic heterocycles. The third kappa shape index (κ3) is 4.06. The molecule has 3 rings (SSSR count). The number of nitrogens with one attached hydrogen (secondary N) is 1. The van der Waals surface area contributed by atoms with Gasteiger partial charge < -0.3 is 10.4 Å². The van der Waals surface area contributed by atoms with E-state index in [4.69, 9.17) is 5.26 Å². The Morgan fingerprint density at radius 1 is 1.13 bits per heavy atom. The van der Waals surface area contributed by atoms with E-state index in [0.717, 1.165) is 18.9 Å². The van der Waals surface area contributed by atoms with Gasteiger partial charge in [-0.15, -0.1) is 0 Å². The van der Waals surface area contributed by atoms with Crippen molar-refractivity contribution < 1.29 is 23.1 Å². The fraction of sp³-hybridized carbons (Fsp3) is 0.286. The van der Waals surface area contributed by atoms with Crippen LogP contribution in [0.15, 0.2) is 47.4 Å². The van der Waals surface area contributed by atoms with Gasteiger partial charge in [0, 0.05) is 17.6 Å². The molecule has 0 bridgehead atoms. The topological polar surface area (TPSA) is 128 Å². The second-order valence-corrected chi connectivity index (χ2v) is 9.11. The highest BCUT2D eigenvalue weighted by Gasteiger charge is 2.37. The van der Waals surface area contributed by atoms with E-state index in [1.54, 1.807) is 0 Å². The number of carboxylic acid groups (broad SMARTS) is 1. The number of nitrogens with zero attached hydrogens (tertiary/aromatic N) is 2. The van der Waals surface area contributed by atoms with Crippen LogP contribution in [0.1, 0.15) is 53.0 Å². The highest BCUT2D eigenvalue weighted by atomic mass is 32.2. The zero-order valence-corrected chi connectivity index (χ0v) is 17.3. The summed E-state index contributed by atoms with van der Waals surface area (Å²) in [5.74, 6) is -1.95. The minimum absolute atomic E-state index is 0.00837. The van der Waals surface area contributed by atoms with Crippen molar-refractivity contribution in [3.05, 3.63) is 59.2 Å². The average molecular weight is 427 g/mol. The Hall–Kier alpha value is -3.22. The minimum atomic E-state index is -3.77. The average Bonchev–Trinajstić information content (AvgIpc) is 3.07. The predicted molar refractivity (Wildman–Crippen MR) is 110 cm³/mol. The summed E-state index contributed by atoms with van der Waals surface area (Å²) in [4.78, 5) is 24.2. The van der Waals surface area contributed by atoms with Gasteiger partial charge in [0.1, 0.15) is 0 Å². The summed E-state index contributed by atoms with van der Waals surface area (Å²) in [6, 6.07) is 11.1. The van der Waals surface area contributed by atoms with Crippen LogP contribution in [-0.2, 0) is 10.0 Å². The summed E-state index contributed by atoms with van der Waals surface area (Å²) in [7, 11) is -3.77. The Morgan fingerprint density at radius 2 is 1.80 bits per heavy atom. The molecular weight excluding hydrogens is 406 g/mol. The summed E-state index contributed by atoms with van der Waals surface area (Å²) in [5, 5.41) is 20.8. The number of aromatic carboxylic acids is 1. The van der Waals surface area contributed by atoms with E-state index in [1.165, 1.54) is 40.7 Å². The highest BCUT2D eigenvalue weighted by Crippen LogP contribution is 2.31. The number of anilines is 1. The van der Waals surface area contributed by atoms with Gasteiger partial charge >= 0.3 is 5.97 Å². The van der Waals surface area contributed by atoms with Crippen LogP contribution < -0.4 is 5.32 Å². The van der Waals surface area contributed by atoms with Crippen molar-refractivity contribution >= 4 is 27.6 Å². The van der Waals surface area contributed by atoms with Crippen molar-refractivity contribution in [3.63, 3.8) is 0 Å². The molecule has 0 aliphatic carbocycles. The second-order valence-electron chi connectivity index (χ2n) is 7.27. The molecule has 0 saturated carbocycles. The van der Waals surface area contributed by atoms with Crippen LogP contribution >= 0.6 is 0 Å². The van der Waals surface area contributed by atoms with E-state index < -0.39 is 21.9 Å². The van der Waals surface area contributed by atoms with Gasteiger partial charge in [0.2, 0.25) is 10.0 Å². The molecule has 1 fully saturated rings. The van der Waals surface area contributed by atoms with Crippen molar-refractivity contribution in [2.75, 3.05) is 5.32 Å². The fourth-order valence-electron chi connectivity index (χ4n) is 3.66. The van der Waals surface area contributed by atoms with Crippen LogP contribution in [0.5, 0.6) is 0 Å². The maximum Gasteiger partial charge on any atom is 0.337 e. The molecule has 1 aliphatic rings. The number of hydrogen-bond donors (Lipinski definition) is 2. The van der Waals surface area contributed by atoms with Crippen molar-refractivity contribution in [3.8, 4) is 6.07 Å². The number of nitriles is 1. The lowest BCUT2D eigenvalue weighted by Gasteiger charge is -2.25. The number of rotatable bonds is 5. The van der Waals surface area contributed by atoms with E-state index in [2.05, 4.69) is 5.32 Å². The van der Waals surface area contributed by atoms with Gasteiger partial charge in [-0.25, -0.2) is 13.2 Å². The third-order valence-electron chi connectivity index (χ3n) is 5.17. The monoisotopic (exact) mass is 427 g/mol. The smallest absolute Gasteiger partial charge is 0.337 e. The van der Waals surface area contributed by atoms with Crippen LogP contribution in [0.25, 0.3) is 0 Å². The molecule has 1 amide bonds. The molecule has 156 valence electrons. The lowest BCUT2D eigenvalue weighted by atomic mass is 10.1. The summed E-state index contributed by atoms with van der Waals surface area (Å²) in [6.45, 7) is 3.71. The van der Waals surface area contributed by atoms with Crippen molar-refractivity contribution in [1.82, 2.24) is 4.31 Å². The van der Waals surface area contributed by atoms with E-state index in [9.17, 15) is 23.1 Å². The van der Waals surface area contributed by atoms with Crippen molar-refractivity contribution in [2.24, 2.45) is 0 Å². The molecule has 2 atom stereocenters. The normalized spacial score (nSPS) is 19.2. The van der Waals surface area contributed by atoms with E-state index >= 15 is 0 Å². The van der Waals surface area contributed by atoms with Gasteiger partial charge in [-0.1, -0.05) is 6.07 Å².